The smallest absolute Gasteiger partial charge is 0.492 e. The summed E-state index contributed by atoms with van der Waals surface area (Å²) in [6, 6.07) is 4.92. The topological polar surface area (TPSA) is 82.8 Å². The summed E-state index contributed by atoms with van der Waals surface area (Å²) in [6.07, 6.45) is 0. The number of methoxy groups -OCH3 is 1. The second kappa shape index (κ2) is 4.97. The van der Waals surface area contributed by atoms with E-state index in [-0.39, 0.29) is 5.88 Å². The molecule has 0 aliphatic rings. The molecule has 94 valence electrons. The molecule has 0 saturated carbocycles. The number of ether oxygens (including phenoxy) is 1. The van der Waals surface area contributed by atoms with Crippen molar-refractivity contribution in [1.82, 2.24) is 4.98 Å². The number of aromatic nitrogens is 1. The lowest BCUT2D eigenvalue weighted by molar-refractivity contribution is 0.403. The predicted molar refractivity (Wildman–Crippen MR) is 70.3 cm³/mol. The van der Waals surface area contributed by atoms with Gasteiger partial charge in [0.05, 0.1) is 12.0 Å². The molecule has 1 heterocycles. The van der Waals surface area contributed by atoms with Crippen molar-refractivity contribution in [2.75, 3.05) is 7.11 Å². The number of hydrogen-bond acceptors (Lipinski definition) is 6. The van der Waals surface area contributed by atoms with Crippen molar-refractivity contribution < 1.29 is 19.9 Å². The van der Waals surface area contributed by atoms with E-state index in [9.17, 15) is 5.11 Å². The summed E-state index contributed by atoms with van der Waals surface area (Å²) in [4.78, 5) is 4.76. The maximum atomic E-state index is 9.46. The third-order valence-corrected chi connectivity index (χ3v) is 3.54. The SMILES string of the molecule is COc1cc(-c2nc(O)c(C)s2)ccc1B(O)O. The van der Waals surface area contributed by atoms with Crippen LogP contribution in [0.2, 0.25) is 0 Å². The van der Waals surface area contributed by atoms with E-state index in [1.54, 1.807) is 25.1 Å². The number of thiazole rings is 1. The van der Waals surface area contributed by atoms with Crippen LogP contribution in [0.5, 0.6) is 11.6 Å². The molecule has 18 heavy (non-hydrogen) atoms. The van der Waals surface area contributed by atoms with Crippen LogP contribution in [0.4, 0.5) is 0 Å². The van der Waals surface area contributed by atoms with Crippen molar-refractivity contribution in [2.45, 2.75) is 6.92 Å². The Bertz CT molecular complexity index is 551. The lowest BCUT2D eigenvalue weighted by Crippen LogP contribution is -2.31. The molecule has 0 unspecified atom stereocenters. The molecule has 5 nitrogen and oxygen atoms in total. The summed E-state index contributed by atoms with van der Waals surface area (Å²) in [5.41, 5.74) is 1.04. The number of nitrogens with zero attached hydrogens (tertiary/aromatic N) is 1. The van der Waals surface area contributed by atoms with Crippen LogP contribution in [0.15, 0.2) is 18.2 Å². The maximum Gasteiger partial charge on any atom is 0.492 e. The second-order valence-corrected chi connectivity index (χ2v) is 4.93. The molecule has 3 N–H and O–H groups in total. The molecule has 7 heteroatoms. The van der Waals surface area contributed by atoms with Gasteiger partial charge in [-0.1, -0.05) is 12.1 Å². The quantitative estimate of drug-likeness (QED) is 0.704. The number of aryl methyl sites for hydroxylation is 1. The van der Waals surface area contributed by atoms with Crippen LogP contribution < -0.4 is 10.2 Å². The molecule has 0 saturated heterocycles. The molecule has 1 aromatic carbocycles. The lowest BCUT2D eigenvalue weighted by Gasteiger charge is -2.08. The minimum atomic E-state index is -1.58. The lowest BCUT2D eigenvalue weighted by atomic mass is 9.79. The van der Waals surface area contributed by atoms with Crippen molar-refractivity contribution >= 4 is 23.9 Å². The van der Waals surface area contributed by atoms with Crippen molar-refractivity contribution in [3.8, 4) is 22.2 Å². The summed E-state index contributed by atoms with van der Waals surface area (Å²) >= 11 is 1.36. The van der Waals surface area contributed by atoms with Gasteiger partial charge in [0, 0.05) is 11.0 Å². The zero-order valence-electron chi connectivity index (χ0n) is 9.91. The zero-order chi connectivity index (χ0) is 13.3. The summed E-state index contributed by atoms with van der Waals surface area (Å²) < 4.78 is 5.10. The zero-order valence-corrected chi connectivity index (χ0v) is 10.7. The van der Waals surface area contributed by atoms with E-state index in [1.807, 2.05) is 0 Å². The molecular weight excluding hydrogens is 253 g/mol. The van der Waals surface area contributed by atoms with Gasteiger partial charge in [0.2, 0.25) is 5.88 Å². The Balaban J connectivity index is 2.47. The molecule has 2 rings (SSSR count). The Morgan fingerprint density at radius 2 is 2.06 bits per heavy atom. The molecule has 0 bridgehead atoms. The normalized spacial score (nSPS) is 10.4. The van der Waals surface area contributed by atoms with Crippen molar-refractivity contribution in [3.05, 3.63) is 23.1 Å². The van der Waals surface area contributed by atoms with Crippen LogP contribution in [-0.2, 0) is 0 Å². The highest BCUT2D eigenvalue weighted by molar-refractivity contribution is 7.15. The van der Waals surface area contributed by atoms with Crippen LogP contribution in [-0.4, -0.2) is 34.4 Å². The van der Waals surface area contributed by atoms with E-state index < -0.39 is 7.12 Å². The number of rotatable bonds is 3. The van der Waals surface area contributed by atoms with Crippen LogP contribution in [0.25, 0.3) is 10.6 Å². The monoisotopic (exact) mass is 265 g/mol. The average Bonchev–Trinajstić information content (AvgIpc) is 2.68. The van der Waals surface area contributed by atoms with Gasteiger partial charge in [-0.3, -0.25) is 0 Å². The van der Waals surface area contributed by atoms with E-state index in [4.69, 9.17) is 14.8 Å². The third kappa shape index (κ3) is 2.33. The van der Waals surface area contributed by atoms with Gasteiger partial charge in [0.1, 0.15) is 10.8 Å². The molecule has 0 aliphatic carbocycles. The molecule has 1 aromatic heterocycles. The number of hydrogen-bond donors (Lipinski definition) is 3. The summed E-state index contributed by atoms with van der Waals surface area (Å²) in [5.74, 6) is 0.384. The first-order valence-corrected chi connectivity index (χ1v) is 6.05. The first kappa shape index (κ1) is 12.9. The van der Waals surface area contributed by atoms with Gasteiger partial charge in [-0.2, -0.15) is 0 Å². The Labute approximate surface area is 108 Å². The fourth-order valence-corrected chi connectivity index (χ4v) is 2.37. The van der Waals surface area contributed by atoms with Gasteiger partial charge >= 0.3 is 7.12 Å². The van der Waals surface area contributed by atoms with Crippen LogP contribution >= 0.6 is 11.3 Å². The summed E-state index contributed by atoms with van der Waals surface area (Å²) in [6.45, 7) is 1.78. The van der Waals surface area contributed by atoms with E-state index in [1.165, 1.54) is 18.4 Å². The fourth-order valence-electron chi connectivity index (χ4n) is 1.57. The maximum absolute atomic E-state index is 9.46. The Hall–Kier alpha value is -1.57. The van der Waals surface area contributed by atoms with E-state index >= 15 is 0 Å². The molecular formula is C11H12BNO4S. The van der Waals surface area contributed by atoms with Gasteiger partial charge in [0.15, 0.2) is 0 Å². The second-order valence-electron chi connectivity index (χ2n) is 3.73. The molecule has 0 amide bonds. The largest absolute Gasteiger partial charge is 0.497 e. The van der Waals surface area contributed by atoms with Gasteiger partial charge in [-0.25, -0.2) is 4.98 Å². The number of aromatic hydroxyl groups is 1. The highest BCUT2D eigenvalue weighted by Crippen LogP contribution is 2.32. The first-order valence-electron chi connectivity index (χ1n) is 5.23. The van der Waals surface area contributed by atoms with Gasteiger partial charge < -0.3 is 19.9 Å². The molecule has 0 atom stereocenters. The standard InChI is InChI=1S/C11H12BNO4S/c1-6-10(14)13-11(18-6)7-3-4-8(12(15)16)9(5-7)17-2/h3-5,14-16H,1-2H3. The van der Waals surface area contributed by atoms with Crippen LogP contribution in [0.3, 0.4) is 0 Å². The Morgan fingerprint density at radius 3 is 2.56 bits per heavy atom. The predicted octanol–water partition coefficient (Wildman–Crippen LogP) is 0.513. The average molecular weight is 265 g/mol. The van der Waals surface area contributed by atoms with Crippen LogP contribution in [0, 0.1) is 6.92 Å². The summed E-state index contributed by atoms with van der Waals surface area (Å²) in [5, 5.41) is 28.4. The molecule has 0 radical (unpaired) electrons. The molecule has 2 aromatic rings. The van der Waals surface area contributed by atoms with Crippen molar-refractivity contribution in [3.63, 3.8) is 0 Å². The minimum Gasteiger partial charge on any atom is -0.497 e. The van der Waals surface area contributed by atoms with E-state index in [0.29, 0.717) is 16.2 Å². The Kier molecular flexibility index (Phi) is 3.56. The third-order valence-electron chi connectivity index (χ3n) is 2.53. The highest BCUT2D eigenvalue weighted by atomic mass is 32.1. The molecule has 0 spiro atoms. The highest BCUT2D eigenvalue weighted by Gasteiger charge is 2.18. The molecule has 0 fully saturated rings. The van der Waals surface area contributed by atoms with Crippen molar-refractivity contribution in [1.29, 1.82) is 0 Å². The van der Waals surface area contributed by atoms with Gasteiger partial charge in [0.25, 0.3) is 0 Å². The number of benzene rings is 1. The van der Waals surface area contributed by atoms with E-state index in [0.717, 1.165) is 10.4 Å². The molecule has 0 aliphatic heterocycles. The van der Waals surface area contributed by atoms with Gasteiger partial charge in [-0.15, -0.1) is 11.3 Å². The first-order chi connectivity index (χ1) is 8.52. The van der Waals surface area contributed by atoms with Crippen molar-refractivity contribution in [2.24, 2.45) is 0 Å². The van der Waals surface area contributed by atoms with Crippen LogP contribution in [0.1, 0.15) is 4.88 Å². The van der Waals surface area contributed by atoms with Gasteiger partial charge in [-0.05, 0) is 13.0 Å². The minimum absolute atomic E-state index is 0.0141. The van der Waals surface area contributed by atoms with E-state index in [2.05, 4.69) is 4.98 Å². The summed E-state index contributed by atoms with van der Waals surface area (Å²) in [7, 11) is -0.129. The Morgan fingerprint density at radius 1 is 1.33 bits per heavy atom. The fraction of sp³-hybridized carbons (Fsp3) is 0.182.